The van der Waals surface area contributed by atoms with Crippen LogP contribution < -0.4 is 16.4 Å². The number of rotatable bonds is 19. The molecule has 10 N–H and O–H groups in total. The van der Waals surface area contributed by atoms with Crippen molar-refractivity contribution in [2.75, 3.05) is 37.8 Å². The van der Waals surface area contributed by atoms with Gasteiger partial charge in [-0.1, -0.05) is 25.6 Å². The van der Waals surface area contributed by atoms with E-state index in [9.17, 15) is 57.9 Å². The average Bonchev–Trinajstić information content (AvgIpc) is 3.57. The summed E-state index contributed by atoms with van der Waals surface area (Å²) in [4.78, 5) is 85.9. The van der Waals surface area contributed by atoms with Gasteiger partial charge in [0.25, 0.3) is 0 Å². The quantitative estimate of drug-likeness (QED) is 0.0431. The molecule has 29 heteroatoms. The normalized spacial score (nSPS) is 22.2. The Morgan fingerprint density at radius 3 is 2.37 bits per heavy atom. The summed E-state index contributed by atoms with van der Waals surface area (Å²) in [5, 5.41) is 26.1. The summed E-state index contributed by atoms with van der Waals surface area (Å²) < 4.78 is 61.8. The first kappa shape index (κ1) is 46.5. The van der Waals surface area contributed by atoms with Gasteiger partial charge in [-0.3, -0.25) is 32.5 Å². The van der Waals surface area contributed by atoms with Crippen LogP contribution in [0.4, 0.5) is 5.82 Å². The number of carbonyl (C=O) groups is 3. The molecule has 0 saturated carbocycles. The maximum absolute atomic E-state index is 12.6. The minimum Gasteiger partial charge on any atom is -0.386 e. The van der Waals surface area contributed by atoms with Crippen LogP contribution in [0.3, 0.4) is 0 Å². The smallest absolute Gasteiger partial charge is 0.386 e. The Hall–Kier alpha value is -1.64. The van der Waals surface area contributed by atoms with Gasteiger partial charge >= 0.3 is 23.5 Å². The Morgan fingerprint density at radius 1 is 1.08 bits per heavy atom. The Kier molecular flexibility index (Phi) is 17.3. The maximum atomic E-state index is 12.6. The predicted molar refractivity (Wildman–Crippen MR) is 179 cm³/mol. The minimum absolute atomic E-state index is 0. The standard InChI is InChI=1S/C23H38N7O17P3S.Sn/c1-12(31)51-7-6-25-14(32)4-5-26-21(35)18(34)23(2,3)9-44-50(41,42)47-49(39,40)43-8-13-17(46-48(36,37)38)16(33)22(45-13)30-11-29-15-19(24)27-10-28-20(15)30;/h10-11,13,16-18,22,33-34H,4-9H2,1-3H3,(H,25,32)(H,26,35)(H,39,40)(H,41,42)(H2,24,27,28)(H2,36,37,38);/t13-,16-,17-,18+,22-;/m1./s1. The van der Waals surface area contributed by atoms with Crippen molar-refractivity contribution in [1.29, 1.82) is 0 Å². The van der Waals surface area contributed by atoms with E-state index >= 15 is 0 Å². The van der Waals surface area contributed by atoms with Gasteiger partial charge in [-0.15, -0.1) is 0 Å². The van der Waals surface area contributed by atoms with Crippen LogP contribution in [0.15, 0.2) is 12.7 Å². The number of thioether (sulfide) groups is 1. The van der Waals surface area contributed by atoms with E-state index in [2.05, 4.69) is 34.4 Å². The molecule has 2 unspecified atom stereocenters. The summed E-state index contributed by atoms with van der Waals surface area (Å²) in [5.41, 5.74) is 4.26. The molecule has 3 rings (SSSR count). The molecule has 0 bridgehead atoms. The van der Waals surface area contributed by atoms with E-state index in [0.717, 1.165) is 29.0 Å². The zero-order valence-electron chi connectivity index (χ0n) is 27.6. The van der Waals surface area contributed by atoms with Crippen molar-refractivity contribution in [2.45, 2.75) is 57.8 Å². The molecule has 292 valence electrons. The van der Waals surface area contributed by atoms with Crippen molar-refractivity contribution in [3.05, 3.63) is 12.7 Å². The van der Waals surface area contributed by atoms with Gasteiger partial charge in [0.2, 0.25) is 11.8 Å². The van der Waals surface area contributed by atoms with Gasteiger partial charge in [0, 0.05) is 61.5 Å². The summed E-state index contributed by atoms with van der Waals surface area (Å²) >= 11 is 1.03. The van der Waals surface area contributed by atoms with Gasteiger partial charge in [0.15, 0.2) is 22.8 Å². The molecule has 4 radical (unpaired) electrons. The average molecular weight is 928 g/mol. The van der Waals surface area contributed by atoms with Gasteiger partial charge in [-0.05, 0) is 0 Å². The van der Waals surface area contributed by atoms with Crippen LogP contribution in [0, 0.1) is 5.41 Å². The number of fused-ring (bicyclic) bond motifs is 1. The molecule has 1 saturated heterocycles. The monoisotopic (exact) mass is 929 g/mol. The molecule has 24 nitrogen and oxygen atoms in total. The van der Waals surface area contributed by atoms with Crippen LogP contribution in [-0.2, 0) is 50.7 Å². The molecule has 0 spiro atoms. The zero-order chi connectivity index (χ0) is 38.4. The molecule has 1 aliphatic rings. The molecule has 2 aromatic rings. The van der Waals surface area contributed by atoms with Crippen LogP contribution in [-0.4, -0.2) is 147 Å². The van der Waals surface area contributed by atoms with Gasteiger partial charge in [0.05, 0.1) is 19.5 Å². The molecule has 7 atom stereocenters. The summed E-state index contributed by atoms with van der Waals surface area (Å²) in [5.74, 6) is -1.08. The number of nitrogens with two attached hydrogens (primary N) is 1. The van der Waals surface area contributed by atoms with Gasteiger partial charge in [-0.25, -0.2) is 28.6 Å². The SMILES string of the molecule is CC(=O)SCCNC(=O)CCNC(=O)[C@H](O)C(C)(C)COP(=O)(O)OP(=O)(O)OC[C@H]1O[C@@H](n2cnc3c(N)ncnc32)[C@H](O)[C@@H]1OP(=O)(O)O.[Sn]. The summed E-state index contributed by atoms with van der Waals surface area (Å²) in [6, 6.07) is 0. The van der Waals surface area contributed by atoms with E-state index < -0.39 is 84.6 Å². The summed E-state index contributed by atoms with van der Waals surface area (Å²) in [7, 11) is -16.4. The molecule has 1 fully saturated rings. The van der Waals surface area contributed by atoms with E-state index in [-0.39, 0.29) is 65.5 Å². The second-order valence-electron chi connectivity index (χ2n) is 11.4. The molecule has 2 amide bonds. The van der Waals surface area contributed by atoms with Crippen LogP contribution in [0.1, 0.15) is 33.4 Å². The molecular formula is C23H38N7O17P3SSn. The van der Waals surface area contributed by atoms with E-state index in [4.69, 9.17) is 19.5 Å². The Morgan fingerprint density at radius 2 is 1.73 bits per heavy atom. The van der Waals surface area contributed by atoms with E-state index in [1.54, 1.807) is 0 Å². The van der Waals surface area contributed by atoms with Crippen molar-refractivity contribution in [3.63, 3.8) is 0 Å². The first-order valence-corrected chi connectivity index (χ1v) is 20.0. The van der Waals surface area contributed by atoms with E-state index in [0.29, 0.717) is 5.75 Å². The zero-order valence-corrected chi connectivity index (χ0v) is 33.9. The molecule has 3 heterocycles. The summed E-state index contributed by atoms with van der Waals surface area (Å²) in [6.07, 6.45) is -6.88. The van der Waals surface area contributed by atoms with Crippen LogP contribution in [0.25, 0.3) is 11.2 Å². The molecule has 1 aliphatic heterocycles. The minimum atomic E-state index is -5.56. The number of carbonyl (C=O) groups excluding carboxylic acids is 3. The van der Waals surface area contributed by atoms with Gasteiger partial charge in [-0.2, -0.15) is 4.31 Å². The number of aromatic nitrogens is 4. The van der Waals surface area contributed by atoms with Crippen LogP contribution in [0.2, 0.25) is 0 Å². The first-order valence-electron chi connectivity index (χ1n) is 14.5. The molecular weight excluding hydrogens is 890 g/mol. The van der Waals surface area contributed by atoms with Crippen molar-refractivity contribution in [1.82, 2.24) is 30.2 Å². The largest absolute Gasteiger partial charge is 0.481 e. The number of imidazole rings is 1. The summed E-state index contributed by atoms with van der Waals surface area (Å²) in [6.45, 7) is 1.90. The first-order chi connectivity index (χ1) is 23.5. The third-order valence-electron chi connectivity index (χ3n) is 6.81. The van der Waals surface area contributed by atoms with Crippen molar-refractivity contribution >= 4 is 93.0 Å². The Labute approximate surface area is 316 Å². The number of anilines is 1. The number of amides is 2. The number of nitrogens with zero attached hydrogens (tertiary/aromatic N) is 4. The second kappa shape index (κ2) is 19.3. The van der Waals surface area contributed by atoms with Crippen LogP contribution >= 0.6 is 35.2 Å². The van der Waals surface area contributed by atoms with Crippen molar-refractivity contribution in [2.24, 2.45) is 5.41 Å². The number of hydrogen-bond acceptors (Lipinski definition) is 18. The number of ether oxygens (including phenoxy) is 1. The third-order valence-corrected chi connectivity index (χ3v) is 10.7. The fourth-order valence-corrected chi connectivity index (χ4v) is 7.65. The Balaban J connectivity index is 0.00000936. The van der Waals surface area contributed by atoms with Gasteiger partial charge in [0.1, 0.15) is 36.3 Å². The second-order valence-corrected chi connectivity index (χ2v) is 16.9. The van der Waals surface area contributed by atoms with E-state index in [1.165, 1.54) is 20.8 Å². The van der Waals surface area contributed by atoms with E-state index in [1.807, 2.05) is 0 Å². The number of phosphoric acid groups is 3. The molecule has 52 heavy (non-hydrogen) atoms. The topological polar surface area (TPSA) is 364 Å². The predicted octanol–water partition coefficient (Wildman–Crippen LogP) is -1.70. The maximum Gasteiger partial charge on any atom is 0.481 e. The van der Waals surface area contributed by atoms with Crippen LogP contribution in [0.5, 0.6) is 0 Å². The number of hydrogen-bond donors (Lipinski definition) is 9. The molecule has 0 aliphatic carbocycles. The van der Waals surface area contributed by atoms with Crippen molar-refractivity contribution in [3.8, 4) is 0 Å². The number of aliphatic hydroxyl groups is 2. The Bertz CT molecular complexity index is 1720. The molecule has 0 aromatic carbocycles. The van der Waals surface area contributed by atoms with Gasteiger partial charge < -0.3 is 50.9 Å². The third kappa shape index (κ3) is 13.9. The number of nitrogen functional groups attached to an aromatic ring is 1. The number of phosphoric ester groups is 3. The fraction of sp³-hybridized carbons (Fsp3) is 0.652. The molecule has 2 aromatic heterocycles. The fourth-order valence-electron chi connectivity index (χ4n) is 4.32. The number of nitrogens with one attached hydrogen (secondary N) is 2. The number of aliphatic hydroxyl groups excluding tert-OH is 2. The van der Waals surface area contributed by atoms with Crippen molar-refractivity contribution < 1.29 is 80.5 Å².